The smallest absolute Gasteiger partial charge is 0.226 e. The van der Waals surface area contributed by atoms with Gasteiger partial charge >= 0.3 is 0 Å². The summed E-state index contributed by atoms with van der Waals surface area (Å²) in [5, 5.41) is 10.5. The van der Waals surface area contributed by atoms with Gasteiger partial charge in [-0.25, -0.2) is 8.42 Å². The van der Waals surface area contributed by atoms with E-state index in [0.717, 1.165) is 0 Å². The molecular weight excluding hydrogens is 394 g/mol. The largest absolute Gasteiger partial charge is 0.378 e. The molecule has 2 amide bonds. The normalized spacial score (nSPS) is 24.7. The molecule has 1 aromatic rings. The van der Waals surface area contributed by atoms with Crippen molar-refractivity contribution in [2.45, 2.75) is 23.8 Å². The molecule has 3 rings (SSSR count). The summed E-state index contributed by atoms with van der Waals surface area (Å²) in [5.74, 6) is -2.22. The summed E-state index contributed by atoms with van der Waals surface area (Å²) in [6.07, 6.45) is 0.211. The number of carbonyl (C=O) groups excluding carboxylic acids is 2. The fraction of sp³-hybridized carbons (Fsp3) is 0.550. The van der Waals surface area contributed by atoms with Gasteiger partial charge in [0.05, 0.1) is 42.1 Å². The first-order chi connectivity index (χ1) is 13.9. The topological polar surface area (TPSA) is 117 Å². The molecule has 8 nitrogen and oxygen atoms in total. The first kappa shape index (κ1) is 21.3. The third-order valence-electron chi connectivity index (χ3n) is 5.56. The van der Waals surface area contributed by atoms with Crippen LogP contribution >= 0.6 is 0 Å². The van der Waals surface area contributed by atoms with Crippen LogP contribution in [0.25, 0.3) is 0 Å². The van der Waals surface area contributed by atoms with Crippen LogP contribution in [0.2, 0.25) is 0 Å². The number of ether oxygens (including phenoxy) is 1. The number of amides is 2. The van der Waals surface area contributed by atoms with E-state index in [9.17, 15) is 18.0 Å². The molecule has 0 bridgehead atoms. The van der Waals surface area contributed by atoms with Crippen molar-refractivity contribution < 1.29 is 22.7 Å². The monoisotopic (exact) mass is 419 g/mol. The van der Waals surface area contributed by atoms with Crippen LogP contribution in [0.1, 0.15) is 18.4 Å². The van der Waals surface area contributed by atoms with Gasteiger partial charge in [-0.1, -0.05) is 30.3 Å². The Bertz CT molecular complexity index is 875. The predicted octanol–water partition coefficient (Wildman–Crippen LogP) is 0.495. The quantitative estimate of drug-likeness (QED) is 0.671. The van der Waals surface area contributed by atoms with E-state index in [4.69, 9.17) is 10.00 Å². The second kappa shape index (κ2) is 9.37. The molecule has 2 fully saturated rings. The van der Waals surface area contributed by atoms with Crippen LogP contribution in [0.5, 0.6) is 0 Å². The Morgan fingerprint density at radius 2 is 1.79 bits per heavy atom. The highest BCUT2D eigenvalue weighted by Crippen LogP contribution is 2.38. The Labute approximate surface area is 170 Å². The summed E-state index contributed by atoms with van der Waals surface area (Å²) in [4.78, 5) is 27.3. The van der Waals surface area contributed by atoms with Crippen LogP contribution in [0, 0.1) is 23.2 Å². The summed E-state index contributed by atoms with van der Waals surface area (Å²) >= 11 is 0. The molecule has 1 aliphatic carbocycles. The summed E-state index contributed by atoms with van der Waals surface area (Å²) in [6, 6.07) is 10.7. The van der Waals surface area contributed by atoms with Gasteiger partial charge in [0.25, 0.3) is 0 Å². The number of nitrogens with one attached hydrogen (secondary N) is 1. The van der Waals surface area contributed by atoms with Crippen LogP contribution in [0.15, 0.2) is 30.3 Å². The van der Waals surface area contributed by atoms with Gasteiger partial charge < -0.3 is 15.0 Å². The zero-order valence-corrected chi connectivity index (χ0v) is 16.9. The molecule has 3 unspecified atom stereocenters. The molecule has 1 N–H and O–H groups in total. The van der Waals surface area contributed by atoms with Gasteiger partial charge in [0.2, 0.25) is 11.8 Å². The molecule has 1 aromatic carbocycles. The van der Waals surface area contributed by atoms with Crippen molar-refractivity contribution in [1.82, 2.24) is 10.2 Å². The Balaban J connectivity index is 1.79. The second-order valence-electron chi connectivity index (χ2n) is 7.41. The van der Waals surface area contributed by atoms with E-state index in [1.54, 1.807) is 29.2 Å². The molecule has 156 valence electrons. The molecule has 1 heterocycles. The fourth-order valence-corrected chi connectivity index (χ4v) is 5.94. The Morgan fingerprint density at radius 1 is 1.14 bits per heavy atom. The van der Waals surface area contributed by atoms with E-state index in [1.807, 2.05) is 12.1 Å². The number of morpholine rings is 1. The summed E-state index contributed by atoms with van der Waals surface area (Å²) < 4.78 is 31.3. The molecule has 1 aliphatic heterocycles. The van der Waals surface area contributed by atoms with Gasteiger partial charge in [0, 0.05) is 13.1 Å². The van der Waals surface area contributed by atoms with Crippen molar-refractivity contribution >= 4 is 21.7 Å². The first-order valence-corrected chi connectivity index (χ1v) is 11.4. The lowest BCUT2D eigenvalue weighted by atomic mass is 9.93. The minimum Gasteiger partial charge on any atom is -0.378 e. The van der Waals surface area contributed by atoms with Crippen molar-refractivity contribution in [3.8, 4) is 6.07 Å². The average molecular weight is 420 g/mol. The van der Waals surface area contributed by atoms with Gasteiger partial charge in [-0.3, -0.25) is 9.59 Å². The maximum atomic E-state index is 13.1. The van der Waals surface area contributed by atoms with Gasteiger partial charge in [0.1, 0.15) is 6.54 Å². The number of nitrogens with zero attached hydrogens (tertiary/aromatic N) is 2. The third-order valence-corrected chi connectivity index (χ3v) is 7.69. The summed E-state index contributed by atoms with van der Waals surface area (Å²) in [6.45, 7) is 1.56. The molecular formula is C20H25N3O5S. The Morgan fingerprint density at radius 3 is 2.45 bits per heavy atom. The van der Waals surface area contributed by atoms with E-state index in [2.05, 4.69) is 5.32 Å². The van der Waals surface area contributed by atoms with E-state index >= 15 is 0 Å². The summed E-state index contributed by atoms with van der Waals surface area (Å²) in [5.41, 5.74) is 0.681. The molecule has 0 spiro atoms. The van der Waals surface area contributed by atoms with Crippen LogP contribution < -0.4 is 5.32 Å². The zero-order chi connectivity index (χ0) is 20.9. The predicted molar refractivity (Wildman–Crippen MR) is 105 cm³/mol. The van der Waals surface area contributed by atoms with Crippen molar-refractivity contribution in [3.05, 3.63) is 35.9 Å². The van der Waals surface area contributed by atoms with Crippen molar-refractivity contribution in [1.29, 1.82) is 5.26 Å². The van der Waals surface area contributed by atoms with E-state index in [0.29, 0.717) is 31.9 Å². The van der Waals surface area contributed by atoms with E-state index < -0.39 is 32.8 Å². The van der Waals surface area contributed by atoms with Crippen molar-refractivity contribution in [2.75, 3.05) is 32.8 Å². The number of sulfone groups is 1. The van der Waals surface area contributed by atoms with Gasteiger partial charge in [-0.2, -0.15) is 5.26 Å². The lowest BCUT2D eigenvalue weighted by Crippen LogP contribution is -2.46. The molecule has 29 heavy (non-hydrogen) atoms. The number of carbonyl (C=O) groups is 2. The SMILES string of the molecule is N#CCNC(=O)C1CC(S(=O)(=O)Cc2ccccc2)CC1C(=O)N1CCOCC1. The molecule has 1 saturated carbocycles. The third kappa shape index (κ3) is 5.14. The zero-order valence-electron chi connectivity index (χ0n) is 16.1. The minimum absolute atomic E-state index is 0.0905. The average Bonchev–Trinajstić information content (AvgIpc) is 3.19. The Kier molecular flexibility index (Phi) is 6.87. The lowest BCUT2D eigenvalue weighted by molar-refractivity contribution is -0.144. The van der Waals surface area contributed by atoms with Gasteiger partial charge in [-0.15, -0.1) is 0 Å². The van der Waals surface area contributed by atoms with Crippen LogP contribution in [0.4, 0.5) is 0 Å². The highest BCUT2D eigenvalue weighted by Gasteiger charge is 2.48. The highest BCUT2D eigenvalue weighted by molar-refractivity contribution is 7.91. The molecule has 3 atom stereocenters. The number of hydrogen-bond acceptors (Lipinski definition) is 6. The maximum absolute atomic E-state index is 13.1. The first-order valence-electron chi connectivity index (χ1n) is 9.69. The summed E-state index contributed by atoms with van der Waals surface area (Å²) in [7, 11) is -3.54. The second-order valence-corrected chi connectivity index (χ2v) is 9.69. The van der Waals surface area contributed by atoms with E-state index in [-0.39, 0.29) is 31.0 Å². The van der Waals surface area contributed by atoms with Crippen molar-refractivity contribution in [2.24, 2.45) is 11.8 Å². The molecule has 1 saturated heterocycles. The maximum Gasteiger partial charge on any atom is 0.226 e. The number of hydrogen-bond donors (Lipinski definition) is 1. The minimum atomic E-state index is -3.54. The molecule has 9 heteroatoms. The van der Waals surface area contributed by atoms with E-state index in [1.165, 1.54) is 0 Å². The van der Waals surface area contributed by atoms with Gasteiger partial charge in [-0.05, 0) is 18.4 Å². The van der Waals surface area contributed by atoms with Gasteiger partial charge in [0.15, 0.2) is 9.84 Å². The van der Waals surface area contributed by atoms with Crippen LogP contribution in [-0.2, 0) is 29.9 Å². The Hall–Kier alpha value is -2.44. The highest BCUT2D eigenvalue weighted by atomic mass is 32.2. The van der Waals surface area contributed by atoms with Crippen LogP contribution in [-0.4, -0.2) is 63.2 Å². The fourth-order valence-electron chi connectivity index (χ4n) is 4.05. The standard InChI is InChI=1S/C20H25N3O5S/c21-6-7-22-19(24)17-12-16(29(26,27)14-15-4-2-1-3-5-15)13-18(17)20(25)23-8-10-28-11-9-23/h1-5,16-18H,7-14H2,(H,22,24). The number of nitriles is 1. The lowest BCUT2D eigenvalue weighted by Gasteiger charge is -2.30. The van der Waals surface area contributed by atoms with Crippen LogP contribution in [0.3, 0.4) is 0 Å². The van der Waals surface area contributed by atoms with Crippen molar-refractivity contribution in [3.63, 3.8) is 0 Å². The molecule has 0 aromatic heterocycles. The molecule has 2 aliphatic rings. The number of rotatable bonds is 6. The number of benzene rings is 1. The molecule has 0 radical (unpaired) electrons.